The molecule has 1 aromatic carbocycles. The molecule has 80 valence electrons. The van der Waals surface area contributed by atoms with Gasteiger partial charge in [0.2, 0.25) is 0 Å². The van der Waals surface area contributed by atoms with Crippen LogP contribution in [0.4, 0.5) is 4.39 Å². The predicted molar refractivity (Wildman–Crippen MR) is 51.4 cm³/mol. The van der Waals surface area contributed by atoms with Crippen LogP contribution >= 0.6 is 0 Å². The molecule has 5 nitrogen and oxygen atoms in total. The minimum absolute atomic E-state index is 0.0848. The molecule has 0 fully saturated rings. The van der Waals surface area contributed by atoms with Crippen LogP contribution < -0.4 is 14.9 Å². The minimum Gasteiger partial charge on any atom is -0.288 e. The first-order valence-electron chi connectivity index (χ1n) is 4.16. The molecule has 1 aliphatic heterocycles. The number of halogens is 1. The van der Waals surface area contributed by atoms with Crippen molar-refractivity contribution >= 4 is 16.0 Å². The molecule has 2 rings (SSSR count). The summed E-state index contributed by atoms with van der Waals surface area (Å²) in [7, 11) is -3.56. The Morgan fingerprint density at radius 1 is 1.33 bits per heavy atom. The van der Waals surface area contributed by atoms with Gasteiger partial charge in [-0.05, 0) is 17.7 Å². The van der Waals surface area contributed by atoms with Crippen molar-refractivity contribution in [2.75, 3.05) is 0 Å². The smallest absolute Gasteiger partial charge is 0.288 e. The molecule has 0 unspecified atom stereocenters. The van der Waals surface area contributed by atoms with E-state index in [1.807, 2.05) is 0 Å². The fourth-order valence-electron chi connectivity index (χ4n) is 1.37. The Balaban J connectivity index is 2.35. The van der Waals surface area contributed by atoms with Gasteiger partial charge in [0, 0.05) is 0 Å². The van der Waals surface area contributed by atoms with E-state index in [-0.39, 0.29) is 11.7 Å². The number of nitrogens with one attached hydrogen (secondary N) is 2. The fourth-order valence-corrected chi connectivity index (χ4v) is 2.43. The summed E-state index contributed by atoms with van der Waals surface area (Å²) in [6.07, 6.45) is 0. The summed E-state index contributed by atoms with van der Waals surface area (Å²) in [5, 5.41) is 0. The van der Waals surface area contributed by atoms with Gasteiger partial charge in [-0.25, -0.2) is 4.39 Å². The van der Waals surface area contributed by atoms with Crippen molar-refractivity contribution in [1.29, 1.82) is 0 Å². The van der Waals surface area contributed by atoms with Crippen LogP contribution in [0, 0.1) is 5.82 Å². The summed E-state index contributed by atoms with van der Waals surface area (Å²) < 4.78 is 39.2. The van der Waals surface area contributed by atoms with Gasteiger partial charge in [0.15, 0.2) is 6.04 Å². The van der Waals surface area contributed by atoms with Crippen LogP contribution in [-0.4, -0.2) is 14.3 Å². The van der Waals surface area contributed by atoms with Crippen LogP contribution in [0.3, 0.4) is 0 Å². The summed E-state index contributed by atoms with van der Waals surface area (Å²) in [5.74, 6) is -0.298. The number of amidine groups is 1. The van der Waals surface area contributed by atoms with E-state index < -0.39 is 16.3 Å². The lowest BCUT2D eigenvalue weighted by Crippen LogP contribution is -2.76. The van der Waals surface area contributed by atoms with Gasteiger partial charge in [0.1, 0.15) is 5.82 Å². The highest BCUT2D eigenvalue weighted by Crippen LogP contribution is 2.14. The Hall–Kier alpha value is -1.47. The number of rotatable bonds is 1. The van der Waals surface area contributed by atoms with Gasteiger partial charge in [0.25, 0.3) is 5.84 Å². The zero-order valence-electron chi connectivity index (χ0n) is 7.57. The van der Waals surface area contributed by atoms with Gasteiger partial charge < -0.3 is 0 Å². The first-order valence-corrected chi connectivity index (χ1v) is 5.64. The molecule has 15 heavy (non-hydrogen) atoms. The quantitative estimate of drug-likeness (QED) is 0.529. The average molecular weight is 230 g/mol. The molecule has 1 aliphatic rings. The van der Waals surface area contributed by atoms with E-state index in [2.05, 4.69) is 9.12 Å². The second-order valence-electron chi connectivity index (χ2n) is 3.16. The minimum atomic E-state index is -3.56. The summed E-state index contributed by atoms with van der Waals surface area (Å²) in [6.45, 7) is 0. The number of nitrogens with two attached hydrogens (primary N) is 1. The third kappa shape index (κ3) is 1.97. The summed E-state index contributed by atoms with van der Waals surface area (Å²) in [4.78, 5) is 0. The molecule has 0 spiro atoms. The highest BCUT2D eigenvalue weighted by Gasteiger charge is 2.34. The molecule has 0 amide bonds. The van der Waals surface area contributed by atoms with Gasteiger partial charge in [-0.1, -0.05) is 12.1 Å². The lowest BCUT2D eigenvalue weighted by molar-refractivity contribution is -0.265. The Bertz CT molecular complexity index is 509. The number of hydrogen-bond donors (Lipinski definition) is 3. The zero-order valence-corrected chi connectivity index (χ0v) is 8.38. The molecule has 1 aromatic rings. The van der Waals surface area contributed by atoms with E-state index in [1.54, 1.807) is 0 Å². The molecule has 0 aromatic heterocycles. The van der Waals surface area contributed by atoms with Gasteiger partial charge in [-0.2, -0.15) is 17.5 Å². The second-order valence-corrected chi connectivity index (χ2v) is 4.61. The third-order valence-corrected chi connectivity index (χ3v) is 3.09. The van der Waals surface area contributed by atoms with Crippen molar-refractivity contribution in [2.45, 2.75) is 6.04 Å². The molecule has 0 aliphatic carbocycles. The molecule has 1 heterocycles. The van der Waals surface area contributed by atoms with Gasteiger partial charge in [0.05, 0.1) is 0 Å². The fraction of sp³-hybridized carbons (Fsp3) is 0.125. The Kier molecular flexibility index (Phi) is 2.20. The largest absolute Gasteiger partial charge is 0.371 e. The topological polar surface area (TPSA) is 86.2 Å². The van der Waals surface area contributed by atoms with Crippen molar-refractivity contribution in [1.82, 2.24) is 4.72 Å². The SMILES string of the molecule is NC1=[NH+]S(=O)(=O)N[C@@H]1c1ccc(F)cc1. The summed E-state index contributed by atoms with van der Waals surface area (Å²) in [6, 6.07) is 4.80. The highest BCUT2D eigenvalue weighted by atomic mass is 32.2. The van der Waals surface area contributed by atoms with Crippen molar-refractivity contribution < 1.29 is 17.2 Å². The molecular weight excluding hydrogens is 221 g/mol. The van der Waals surface area contributed by atoms with E-state index in [4.69, 9.17) is 5.73 Å². The summed E-state index contributed by atoms with van der Waals surface area (Å²) in [5.41, 5.74) is 6.08. The van der Waals surface area contributed by atoms with Crippen LogP contribution in [-0.2, 0) is 10.2 Å². The standard InChI is InChI=1S/C8H8FN3O2S/c9-6-3-1-5(2-4-6)7-8(10)12-15(13,14)11-7/h1-4,7,11H,(H2,10,12)/p+1/t7-/m1/s1. The molecule has 1 atom stereocenters. The maximum absolute atomic E-state index is 12.6. The van der Waals surface area contributed by atoms with Gasteiger partial charge in [-0.3, -0.25) is 5.73 Å². The number of benzene rings is 1. The average Bonchev–Trinajstić information content (AvgIpc) is 2.41. The Labute approximate surface area is 86.0 Å². The molecule has 0 radical (unpaired) electrons. The van der Waals surface area contributed by atoms with Crippen LogP contribution in [0.15, 0.2) is 24.3 Å². The highest BCUT2D eigenvalue weighted by molar-refractivity contribution is 7.83. The molecule has 0 saturated heterocycles. The lowest BCUT2D eigenvalue weighted by atomic mass is 10.1. The van der Waals surface area contributed by atoms with Crippen molar-refractivity contribution in [2.24, 2.45) is 5.73 Å². The first-order chi connectivity index (χ1) is 6.98. The molecule has 4 N–H and O–H groups in total. The maximum atomic E-state index is 12.6. The number of hydrogen-bond acceptors (Lipinski definition) is 3. The van der Waals surface area contributed by atoms with Gasteiger partial charge in [-0.15, -0.1) is 0 Å². The van der Waals surface area contributed by atoms with E-state index in [0.717, 1.165) is 0 Å². The molecule has 7 heteroatoms. The van der Waals surface area contributed by atoms with E-state index in [9.17, 15) is 12.8 Å². The zero-order chi connectivity index (χ0) is 11.1. The normalized spacial score (nSPS) is 23.8. The lowest BCUT2D eigenvalue weighted by Gasteiger charge is -2.05. The second kappa shape index (κ2) is 3.28. The third-order valence-electron chi connectivity index (χ3n) is 2.04. The predicted octanol–water partition coefficient (Wildman–Crippen LogP) is -1.85. The monoisotopic (exact) mass is 230 g/mol. The van der Waals surface area contributed by atoms with Gasteiger partial charge >= 0.3 is 10.2 Å². The summed E-state index contributed by atoms with van der Waals surface area (Å²) >= 11 is 0. The van der Waals surface area contributed by atoms with Crippen molar-refractivity contribution in [3.63, 3.8) is 0 Å². The van der Waals surface area contributed by atoms with E-state index >= 15 is 0 Å². The van der Waals surface area contributed by atoms with E-state index in [0.29, 0.717) is 5.56 Å². The maximum Gasteiger partial charge on any atom is 0.371 e. The molecular formula is C8H9FN3O2S+. The molecule has 0 saturated carbocycles. The van der Waals surface area contributed by atoms with Crippen molar-refractivity contribution in [3.8, 4) is 0 Å². The van der Waals surface area contributed by atoms with Crippen LogP contribution in [0.2, 0.25) is 0 Å². The Morgan fingerprint density at radius 3 is 2.40 bits per heavy atom. The first kappa shape index (κ1) is 10.1. The van der Waals surface area contributed by atoms with Crippen LogP contribution in [0.25, 0.3) is 0 Å². The van der Waals surface area contributed by atoms with Crippen LogP contribution in [0.5, 0.6) is 0 Å². The van der Waals surface area contributed by atoms with Crippen LogP contribution in [0.1, 0.15) is 11.6 Å². The van der Waals surface area contributed by atoms with E-state index in [1.165, 1.54) is 24.3 Å². The van der Waals surface area contributed by atoms with Crippen molar-refractivity contribution in [3.05, 3.63) is 35.6 Å². The molecule has 0 bridgehead atoms. The Morgan fingerprint density at radius 2 is 1.93 bits per heavy atom.